The molecular formula is C14H17F3O. The van der Waals surface area contributed by atoms with Gasteiger partial charge >= 0.3 is 6.18 Å². The van der Waals surface area contributed by atoms with Crippen molar-refractivity contribution in [2.45, 2.75) is 38.5 Å². The summed E-state index contributed by atoms with van der Waals surface area (Å²) in [5, 5.41) is 10.2. The van der Waals surface area contributed by atoms with E-state index in [0.29, 0.717) is 5.92 Å². The van der Waals surface area contributed by atoms with Crippen LogP contribution in [0.15, 0.2) is 24.3 Å². The highest BCUT2D eigenvalue weighted by atomic mass is 19.4. The molecule has 1 saturated carbocycles. The summed E-state index contributed by atoms with van der Waals surface area (Å²) in [6, 6.07) is 5.33. The molecule has 100 valence electrons. The summed E-state index contributed by atoms with van der Waals surface area (Å²) >= 11 is 0. The fourth-order valence-corrected chi connectivity index (χ4v) is 2.80. The molecule has 0 bridgehead atoms. The van der Waals surface area contributed by atoms with Crippen molar-refractivity contribution in [2.24, 2.45) is 11.8 Å². The van der Waals surface area contributed by atoms with Gasteiger partial charge in [0.05, 0.1) is 11.7 Å². The lowest BCUT2D eigenvalue weighted by molar-refractivity contribution is -0.139. The monoisotopic (exact) mass is 258 g/mol. The summed E-state index contributed by atoms with van der Waals surface area (Å²) in [7, 11) is 0. The molecule has 3 unspecified atom stereocenters. The number of rotatable bonds is 2. The third kappa shape index (κ3) is 2.69. The van der Waals surface area contributed by atoms with Gasteiger partial charge in [0.1, 0.15) is 0 Å². The molecule has 1 nitrogen and oxygen atoms in total. The zero-order valence-corrected chi connectivity index (χ0v) is 10.2. The van der Waals surface area contributed by atoms with Gasteiger partial charge in [-0.15, -0.1) is 0 Å². The van der Waals surface area contributed by atoms with Crippen molar-refractivity contribution in [2.75, 3.05) is 0 Å². The smallest absolute Gasteiger partial charge is 0.388 e. The van der Waals surface area contributed by atoms with Gasteiger partial charge in [-0.2, -0.15) is 13.2 Å². The topological polar surface area (TPSA) is 20.2 Å². The minimum absolute atomic E-state index is 0.0177. The molecule has 1 fully saturated rings. The molecule has 1 aromatic carbocycles. The summed E-state index contributed by atoms with van der Waals surface area (Å²) in [6.07, 6.45) is -2.83. The van der Waals surface area contributed by atoms with Crippen molar-refractivity contribution in [3.63, 3.8) is 0 Å². The quantitative estimate of drug-likeness (QED) is 0.843. The maximum atomic E-state index is 12.9. The van der Waals surface area contributed by atoms with Gasteiger partial charge in [-0.1, -0.05) is 31.5 Å². The Morgan fingerprint density at radius 3 is 2.44 bits per heavy atom. The zero-order chi connectivity index (χ0) is 13.3. The maximum Gasteiger partial charge on any atom is 0.416 e. The van der Waals surface area contributed by atoms with Crippen molar-refractivity contribution in [1.82, 2.24) is 0 Å². The van der Waals surface area contributed by atoms with Crippen molar-refractivity contribution in [3.8, 4) is 0 Å². The van der Waals surface area contributed by atoms with Crippen molar-refractivity contribution in [1.29, 1.82) is 0 Å². The van der Waals surface area contributed by atoms with Crippen molar-refractivity contribution >= 4 is 0 Å². The molecule has 1 aromatic rings. The fraction of sp³-hybridized carbons (Fsp3) is 0.571. The van der Waals surface area contributed by atoms with E-state index in [0.717, 1.165) is 25.3 Å². The van der Waals surface area contributed by atoms with Crippen LogP contribution in [-0.2, 0) is 6.18 Å². The first kappa shape index (κ1) is 13.4. The Kier molecular flexibility index (Phi) is 3.66. The summed E-state index contributed by atoms with van der Waals surface area (Å²) in [6.45, 7) is 2.07. The van der Waals surface area contributed by atoms with Crippen LogP contribution < -0.4 is 0 Å². The van der Waals surface area contributed by atoms with Gasteiger partial charge in [0.25, 0.3) is 0 Å². The molecule has 0 aromatic heterocycles. The van der Waals surface area contributed by atoms with Crippen LogP contribution in [0.2, 0.25) is 0 Å². The lowest BCUT2D eigenvalue weighted by Crippen LogP contribution is -2.16. The van der Waals surface area contributed by atoms with E-state index in [1.165, 1.54) is 12.1 Å². The van der Waals surface area contributed by atoms with Gasteiger partial charge in [0, 0.05) is 0 Å². The Morgan fingerprint density at radius 2 is 1.89 bits per heavy atom. The number of aliphatic hydroxyl groups excluding tert-OH is 1. The highest BCUT2D eigenvalue weighted by molar-refractivity contribution is 5.32. The molecule has 4 heteroatoms. The van der Waals surface area contributed by atoms with Gasteiger partial charge in [0.15, 0.2) is 0 Å². The van der Waals surface area contributed by atoms with E-state index in [4.69, 9.17) is 0 Å². The molecule has 0 amide bonds. The first-order valence-electron chi connectivity index (χ1n) is 6.23. The summed E-state index contributed by atoms with van der Waals surface area (Å²) in [5.41, 5.74) is -0.693. The van der Waals surface area contributed by atoms with Gasteiger partial charge in [-0.3, -0.25) is 0 Å². The van der Waals surface area contributed by atoms with Crippen molar-refractivity contribution in [3.05, 3.63) is 35.4 Å². The second kappa shape index (κ2) is 4.92. The molecule has 0 radical (unpaired) electrons. The van der Waals surface area contributed by atoms with Gasteiger partial charge in [-0.05, 0) is 36.3 Å². The maximum absolute atomic E-state index is 12.9. The van der Waals surface area contributed by atoms with Gasteiger partial charge in [0.2, 0.25) is 0 Å². The first-order valence-corrected chi connectivity index (χ1v) is 6.23. The third-order valence-corrected chi connectivity index (χ3v) is 3.77. The van der Waals surface area contributed by atoms with E-state index in [9.17, 15) is 18.3 Å². The van der Waals surface area contributed by atoms with Crippen LogP contribution in [0.5, 0.6) is 0 Å². The van der Waals surface area contributed by atoms with Crippen LogP contribution in [0.3, 0.4) is 0 Å². The highest BCUT2D eigenvalue weighted by Crippen LogP contribution is 2.42. The van der Waals surface area contributed by atoms with Crippen molar-refractivity contribution < 1.29 is 18.3 Å². The summed E-state index contributed by atoms with van der Waals surface area (Å²) in [4.78, 5) is 0. The minimum atomic E-state index is -4.40. The molecule has 1 aliphatic carbocycles. The SMILES string of the molecule is CC1CCC(C(O)c2ccccc2C(F)(F)F)C1. The predicted octanol–water partition coefficient (Wildman–Crippen LogP) is 4.18. The molecule has 0 heterocycles. The van der Waals surface area contributed by atoms with Gasteiger partial charge < -0.3 is 5.11 Å². The van der Waals surface area contributed by atoms with E-state index in [-0.39, 0.29) is 11.5 Å². The van der Waals surface area contributed by atoms with E-state index in [1.54, 1.807) is 6.07 Å². The molecule has 0 spiro atoms. The van der Waals surface area contributed by atoms with E-state index in [1.807, 2.05) is 0 Å². The first-order chi connectivity index (χ1) is 8.39. The Hall–Kier alpha value is -1.03. The second-order valence-electron chi connectivity index (χ2n) is 5.21. The summed E-state index contributed by atoms with van der Waals surface area (Å²) in [5.74, 6) is 0.436. The summed E-state index contributed by atoms with van der Waals surface area (Å²) < 4.78 is 38.6. The number of hydrogen-bond acceptors (Lipinski definition) is 1. The van der Waals surface area contributed by atoms with E-state index < -0.39 is 17.8 Å². The lowest BCUT2D eigenvalue weighted by Gasteiger charge is -2.22. The average Bonchev–Trinajstić information content (AvgIpc) is 2.74. The number of hydrogen-bond donors (Lipinski definition) is 1. The molecular weight excluding hydrogens is 241 g/mol. The lowest BCUT2D eigenvalue weighted by atomic mass is 9.90. The molecule has 1 aliphatic rings. The van der Waals surface area contributed by atoms with E-state index in [2.05, 4.69) is 6.92 Å². The Bertz CT molecular complexity index is 414. The molecule has 1 N–H and O–H groups in total. The standard InChI is InChI=1S/C14H17F3O/c1-9-6-7-10(8-9)13(18)11-4-2-3-5-12(11)14(15,16)17/h2-5,9-10,13,18H,6-8H2,1H3. The Morgan fingerprint density at radius 1 is 1.22 bits per heavy atom. The van der Waals surface area contributed by atoms with Crippen LogP contribution >= 0.6 is 0 Å². The Balaban J connectivity index is 2.28. The number of benzene rings is 1. The van der Waals surface area contributed by atoms with Crippen LogP contribution in [0, 0.1) is 11.8 Å². The van der Waals surface area contributed by atoms with Crippen LogP contribution in [0.1, 0.15) is 43.4 Å². The second-order valence-corrected chi connectivity index (χ2v) is 5.21. The molecule has 3 atom stereocenters. The van der Waals surface area contributed by atoms with Crippen LogP contribution in [0.4, 0.5) is 13.2 Å². The third-order valence-electron chi connectivity index (χ3n) is 3.77. The zero-order valence-electron chi connectivity index (χ0n) is 10.2. The van der Waals surface area contributed by atoms with Gasteiger partial charge in [-0.25, -0.2) is 0 Å². The number of halogens is 3. The number of aliphatic hydroxyl groups is 1. The molecule has 0 aliphatic heterocycles. The van der Waals surface area contributed by atoms with E-state index >= 15 is 0 Å². The minimum Gasteiger partial charge on any atom is -0.388 e. The predicted molar refractivity (Wildman–Crippen MR) is 62.9 cm³/mol. The average molecular weight is 258 g/mol. The molecule has 18 heavy (non-hydrogen) atoms. The van der Waals surface area contributed by atoms with Crippen LogP contribution in [-0.4, -0.2) is 5.11 Å². The normalized spacial score (nSPS) is 26.3. The fourth-order valence-electron chi connectivity index (χ4n) is 2.80. The largest absolute Gasteiger partial charge is 0.416 e. The van der Waals surface area contributed by atoms with Crippen LogP contribution in [0.25, 0.3) is 0 Å². The highest BCUT2D eigenvalue weighted by Gasteiger charge is 2.37. The molecule has 2 rings (SSSR count). The Labute approximate surface area is 105 Å². The number of alkyl halides is 3. The molecule has 0 saturated heterocycles.